The van der Waals surface area contributed by atoms with E-state index in [-0.39, 0.29) is 17.6 Å². The highest BCUT2D eigenvalue weighted by Crippen LogP contribution is 2.33. The topological polar surface area (TPSA) is 38.1 Å². The van der Waals surface area contributed by atoms with Crippen LogP contribution in [0.1, 0.15) is 128 Å². The maximum Gasteiger partial charge on any atom is 0.227 e. The summed E-state index contributed by atoms with van der Waals surface area (Å²) in [5.74, 6) is 0.858. The van der Waals surface area contributed by atoms with Crippen LogP contribution in [0.15, 0.2) is 48.5 Å². The van der Waals surface area contributed by atoms with Gasteiger partial charge in [0.2, 0.25) is 5.91 Å². The molecule has 0 saturated carbocycles. The highest BCUT2D eigenvalue weighted by molar-refractivity contribution is 5.96. The number of nitrogens with zero attached hydrogens (tertiary/aromatic N) is 3. The van der Waals surface area contributed by atoms with Crippen LogP contribution in [-0.4, -0.2) is 22.0 Å². The van der Waals surface area contributed by atoms with Crippen LogP contribution in [0.5, 0.6) is 0 Å². The molecule has 1 aliphatic rings. The molecule has 2 aromatic carbocycles. The van der Waals surface area contributed by atoms with Gasteiger partial charge < -0.3 is 9.47 Å². The van der Waals surface area contributed by atoms with Gasteiger partial charge in [0, 0.05) is 31.1 Å². The first-order valence-corrected chi connectivity index (χ1v) is 16.2. The molecule has 5 heteroatoms. The largest absolute Gasteiger partial charge is 0.328 e. The second kappa shape index (κ2) is 16.5. The van der Waals surface area contributed by atoms with Gasteiger partial charge in [0.15, 0.2) is 0 Å². The maximum atomic E-state index is 13.4. The minimum atomic E-state index is -0.285. The highest BCUT2D eigenvalue weighted by atomic mass is 19.1. The van der Waals surface area contributed by atoms with E-state index in [1.54, 1.807) is 17.0 Å². The van der Waals surface area contributed by atoms with Gasteiger partial charge in [0.1, 0.15) is 11.6 Å². The molecule has 218 valence electrons. The monoisotopic (exact) mass is 547 g/mol. The number of carbonyl (C=O) groups is 1. The zero-order chi connectivity index (χ0) is 28.0. The van der Waals surface area contributed by atoms with Gasteiger partial charge in [-0.25, -0.2) is 9.37 Å². The van der Waals surface area contributed by atoms with Crippen LogP contribution in [0, 0.1) is 5.82 Å². The normalized spacial score (nSPS) is 15.5. The SMILES string of the molecule is CCCCCCCCCCCCCCCCCCn1c(C2CC(=O)N(c3ccc(F)cc3)C2)nc2ccccc21. The number of rotatable bonds is 19. The fourth-order valence-corrected chi connectivity index (χ4v) is 6.21. The van der Waals surface area contributed by atoms with Crippen molar-refractivity contribution < 1.29 is 9.18 Å². The number of hydrogen-bond acceptors (Lipinski definition) is 2. The van der Waals surface area contributed by atoms with Crippen molar-refractivity contribution in [2.75, 3.05) is 11.4 Å². The number of aromatic nitrogens is 2. The standard InChI is InChI=1S/C35H50FN3O/c1-2-3-4-5-6-7-8-9-10-11-12-13-14-15-16-19-26-38-33-21-18-17-20-32(33)37-35(38)29-27-34(40)39(28-29)31-24-22-30(36)23-25-31/h17-18,20-25,29H,2-16,19,26-28H2,1H3. The lowest BCUT2D eigenvalue weighted by molar-refractivity contribution is -0.117. The predicted molar refractivity (Wildman–Crippen MR) is 165 cm³/mol. The number of carbonyl (C=O) groups excluding carboxylic acids is 1. The number of aryl methyl sites for hydroxylation is 1. The summed E-state index contributed by atoms with van der Waals surface area (Å²) in [5, 5.41) is 0. The third-order valence-electron chi connectivity index (χ3n) is 8.55. The number of hydrogen-bond donors (Lipinski definition) is 0. The second-order valence-electron chi connectivity index (χ2n) is 11.8. The van der Waals surface area contributed by atoms with E-state index < -0.39 is 0 Å². The van der Waals surface area contributed by atoms with Crippen molar-refractivity contribution in [2.24, 2.45) is 0 Å². The van der Waals surface area contributed by atoms with Crippen LogP contribution >= 0.6 is 0 Å². The minimum absolute atomic E-state index is 0.0472. The van der Waals surface area contributed by atoms with Crippen LogP contribution in [0.25, 0.3) is 11.0 Å². The molecule has 0 N–H and O–H groups in total. The maximum absolute atomic E-state index is 13.4. The Morgan fingerprint density at radius 1 is 0.750 bits per heavy atom. The molecule has 1 aromatic heterocycles. The van der Waals surface area contributed by atoms with E-state index in [9.17, 15) is 9.18 Å². The molecule has 4 nitrogen and oxygen atoms in total. The lowest BCUT2D eigenvalue weighted by Crippen LogP contribution is -2.24. The summed E-state index contributed by atoms with van der Waals surface area (Å²) in [4.78, 5) is 19.6. The van der Waals surface area contributed by atoms with E-state index in [0.29, 0.717) is 13.0 Å². The molecule has 4 rings (SSSR count). The van der Waals surface area contributed by atoms with Gasteiger partial charge in [0.25, 0.3) is 0 Å². The first-order chi connectivity index (χ1) is 19.7. The van der Waals surface area contributed by atoms with Gasteiger partial charge in [-0.3, -0.25) is 4.79 Å². The average Bonchev–Trinajstić information content (AvgIpc) is 3.53. The highest BCUT2D eigenvalue weighted by Gasteiger charge is 2.34. The molecule has 1 atom stereocenters. The molecule has 1 saturated heterocycles. The molecule has 40 heavy (non-hydrogen) atoms. The van der Waals surface area contributed by atoms with Crippen molar-refractivity contribution in [3.8, 4) is 0 Å². The van der Waals surface area contributed by atoms with Crippen molar-refractivity contribution in [3.63, 3.8) is 0 Å². The summed E-state index contributed by atoms with van der Waals surface area (Å²) in [6, 6.07) is 14.5. The summed E-state index contributed by atoms with van der Waals surface area (Å²) in [6.07, 6.45) is 22.3. The van der Waals surface area contributed by atoms with Crippen molar-refractivity contribution in [3.05, 3.63) is 60.2 Å². The molecule has 1 fully saturated rings. The van der Waals surface area contributed by atoms with E-state index in [2.05, 4.69) is 29.7 Å². The summed E-state index contributed by atoms with van der Waals surface area (Å²) in [6.45, 7) is 3.81. The van der Waals surface area contributed by atoms with Gasteiger partial charge in [-0.2, -0.15) is 0 Å². The Labute approximate surface area is 241 Å². The zero-order valence-corrected chi connectivity index (χ0v) is 24.8. The number of fused-ring (bicyclic) bond motifs is 1. The van der Waals surface area contributed by atoms with Crippen LogP contribution in [0.4, 0.5) is 10.1 Å². The lowest BCUT2D eigenvalue weighted by Gasteiger charge is -2.17. The fraction of sp³-hybridized carbons (Fsp3) is 0.600. The van der Waals surface area contributed by atoms with Gasteiger partial charge in [0.05, 0.1) is 11.0 Å². The predicted octanol–water partition coefficient (Wildman–Crippen LogP) is 9.96. The Kier molecular flexibility index (Phi) is 12.5. The van der Waals surface area contributed by atoms with Gasteiger partial charge >= 0.3 is 0 Å². The van der Waals surface area contributed by atoms with Crippen LogP contribution < -0.4 is 4.90 Å². The second-order valence-corrected chi connectivity index (χ2v) is 11.8. The lowest BCUT2D eigenvalue weighted by atomic mass is 10.0. The number of unbranched alkanes of at least 4 members (excludes halogenated alkanes) is 15. The Morgan fingerprint density at radius 3 is 1.90 bits per heavy atom. The van der Waals surface area contributed by atoms with Crippen LogP contribution in [0.3, 0.4) is 0 Å². The summed E-state index contributed by atoms with van der Waals surface area (Å²) in [7, 11) is 0. The van der Waals surface area contributed by atoms with E-state index in [0.717, 1.165) is 35.5 Å². The van der Waals surface area contributed by atoms with Crippen molar-refractivity contribution in [1.82, 2.24) is 9.55 Å². The molecule has 1 amide bonds. The zero-order valence-electron chi connectivity index (χ0n) is 24.8. The third-order valence-corrected chi connectivity index (χ3v) is 8.55. The van der Waals surface area contributed by atoms with Gasteiger partial charge in [-0.05, 0) is 42.8 Å². The van der Waals surface area contributed by atoms with Crippen LogP contribution in [0.2, 0.25) is 0 Å². The molecule has 1 aliphatic heterocycles. The van der Waals surface area contributed by atoms with Crippen molar-refractivity contribution in [1.29, 1.82) is 0 Å². The molecular formula is C35H50FN3O. The number of amides is 1. The van der Waals surface area contributed by atoms with E-state index in [1.165, 1.54) is 108 Å². The summed E-state index contributed by atoms with van der Waals surface area (Å²) >= 11 is 0. The number of anilines is 1. The Hall–Kier alpha value is -2.69. The first-order valence-electron chi connectivity index (χ1n) is 16.2. The smallest absolute Gasteiger partial charge is 0.227 e. The molecule has 0 bridgehead atoms. The number of halogens is 1. The number of benzene rings is 2. The Bertz CT molecular complexity index is 1160. The minimum Gasteiger partial charge on any atom is -0.328 e. The molecule has 0 aliphatic carbocycles. The third kappa shape index (κ3) is 8.91. The fourth-order valence-electron chi connectivity index (χ4n) is 6.21. The van der Waals surface area contributed by atoms with Crippen molar-refractivity contribution >= 4 is 22.6 Å². The average molecular weight is 548 g/mol. The quantitative estimate of drug-likeness (QED) is 0.140. The van der Waals surface area contributed by atoms with Crippen LogP contribution in [-0.2, 0) is 11.3 Å². The molecular weight excluding hydrogens is 497 g/mol. The summed E-state index contributed by atoms with van der Waals surface area (Å²) in [5.41, 5.74) is 2.92. The molecule has 0 radical (unpaired) electrons. The van der Waals surface area contributed by atoms with E-state index in [1.807, 2.05) is 6.07 Å². The molecule has 0 spiro atoms. The molecule has 2 heterocycles. The first kappa shape index (κ1) is 30.3. The van der Waals surface area contributed by atoms with Crippen molar-refractivity contribution in [2.45, 2.75) is 129 Å². The number of para-hydroxylation sites is 2. The number of imidazole rings is 1. The van der Waals surface area contributed by atoms with E-state index in [4.69, 9.17) is 4.98 Å². The molecule has 1 unspecified atom stereocenters. The van der Waals surface area contributed by atoms with Gasteiger partial charge in [-0.15, -0.1) is 0 Å². The van der Waals surface area contributed by atoms with Gasteiger partial charge in [-0.1, -0.05) is 115 Å². The Balaban J connectivity index is 1.16. The summed E-state index contributed by atoms with van der Waals surface area (Å²) < 4.78 is 15.8. The Morgan fingerprint density at radius 2 is 1.30 bits per heavy atom. The molecule has 3 aromatic rings. The van der Waals surface area contributed by atoms with E-state index >= 15 is 0 Å².